The summed E-state index contributed by atoms with van der Waals surface area (Å²) in [5.41, 5.74) is 0.0945. The molecule has 4 heteroatoms. The Bertz CT molecular complexity index is 321. The number of carbonyl (C=O) groups excluding carboxylic acids is 2. The van der Waals surface area contributed by atoms with Gasteiger partial charge in [-0.2, -0.15) is 0 Å². The molecule has 0 aliphatic rings. The maximum Gasteiger partial charge on any atom is 0.140 e. The van der Waals surface area contributed by atoms with Gasteiger partial charge in [-0.1, -0.05) is 26.7 Å². The minimum absolute atomic E-state index is 0.0945. The van der Waals surface area contributed by atoms with E-state index in [9.17, 15) is 14.2 Å². The van der Waals surface area contributed by atoms with Crippen LogP contribution in [0, 0.1) is 0 Å². The third kappa shape index (κ3) is 8.63. The fourth-order valence-electron chi connectivity index (χ4n) is 1.66. The summed E-state index contributed by atoms with van der Waals surface area (Å²) in [5.74, 6) is 0.357. The Morgan fingerprint density at radius 2 is 1.50 bits per heavy atom. The Kier molecular flexibility index (Phi) is 8.43. The highest BCUT2D eigenvalue weighted by Gasteiger charge is 2.23. The molecule has 1 unspecified atom stereocenters. The average molecular weight is 274 g/mol. The second kappa shape index (κ2) is 8.63. The van der Waals surface area contributed by atoms with Crippen molar-refractivity contribution >= 4 is 18.7 Å². The smallest absolute Gasteiger partial charge is 0.140 e. The summed E-state index contributed by atoms with van der Waals surface area (Å²) in [6, 6.07) is 0. The van der Waals surface area contributed by atoms with Crippen molar-refractivity contribution in [3.8, 4) is 0 Å². The van der Waals surface area contributed by atoms with E-state index in [1.807, 2.05) is 13.8 Å². The predicted molar refractivity (Wildman–Crippen MR) is 76.9 cm³/mol. The van der Waals surface area contributed by atoms with E-state index < -0.39 is 7.14 Å². The summed E-state index contributed by atoms with van der Waals surface area (Å²) in [5, 5.41) is 0. The van der Waals surface area contributed by atoms with E-state index >= 15 is 0 Å². The molecule has 0 aromatic heterocycles. The molecular weight excluding hydrogens is 247 g/mol. The maximum atomic E-state index is 12.1. The Balaban J connectivity index is 3.66. The van der Waals surface area contributed by atoms with Crippen molar-refractivity contribution < 1.29 is 14.2 Å². The van der Waals surface area contributed by atoms with Crippen molar-refractivity contribution in [1.29, 1.82) is 0 Å². The van der Waals surface area contributed by atoms with Crippen molar-refractivity contribution in [3.05, 3.63) is 0 Å². The van der Waals surface area contributed by atoms with E-state index in [0.29, 0.717) is 12.8 Å². The maximum absolute atomic E-state index is 12.1. The molecule has 0 saturated heterocycles. The number of carbonyl (C=O) groups is 2. The molecular formula is C14H27O3P. The second-order valence-electron chi connectivity index (χ2n) is 5.58. The first-order valence-electron chi connectivity index (χ1n) is 6.83. The fraction of sp³-hybridized carbons (Fsp3) is 0.857. The molecule has 0 aliphatic carbocycles. The zero-order valence-electron chi connectivity index (χ0n) is 12.2. The van der Waals surface area contributed by atoms with Crippen molar-refractivity contribution in [3.63, 3.8) is 0 Å². The molecule has 3 nitrogen and oxygen atoms in total. The number of hydrogen-bond donors (Lipinski definition) is 0. The topological polar surface area (TPSA) is 51.2 Å². The monoisotopic (exact) mass is 274 g/mol. The largest absolute Gasteiger partial charge is 0.323 e. The third-order valence-electron chi connectivity index (χ3n) is 3.32. The summed E-state index contributed by atoms with van der Waals surface area (Å²) in [7, 11) is -2.29. The average Bonchev–Trinajstić information content (AvgIpc) is 2.21. The van der Waals surface area contributed by atoms with Gasteiger partial charge in [0.15, 0.2) is 0 Å². The van der Waals surface area contributed by atoms with Crippen LogP contribution >= 0.6 is 7.14 Å². The number of Topliss-reactive ketones (excluding diaryl/α,β-unsaturated/α-hetero) is 2. The van der Waals surface area contributed by atoms with Gasteiger partial charge in [-0.05, 0) is 26.4 Å². The first kappa shape index (κ1) is 17.6. The fourth-order valence-corrected chi connectivity index (χ4v) is 2.89. The lowest BCUT2D eigenvalue weighted by Gasteiger charge is -2.15. The van der Waals surface area contributed by atoms with Gasteiger partial charge >= 0.3 is 0 Å². The van der Waals surface area contributed by atoms with E-state index in [2.05, 4.69) is 0 Å². The van der Waals surface area contributed by atoms with E-state index in [1.54, 1.807) is 13.6 Å². The molecule has 0 bridgehead atoms. The first-order chi connectivity index (χ1) is 8.25. The SMILES string of the molecule is CC(=O)CCCCCCC(=O)CP(C)(=O)C(C)C. The summed E-state index contributed by atoms with van der Waals surface area (Å²) < 4.78 is 12.1. The van der Waals surface area contributed by atoms with E-state index in [-0.39, 0.29) is 23.4 Å². The number of hydrogen-bond acceptors (Lipinski definition) is 3. The van der Waals surface area contributed by atoms with Gasteiger partial charge in [-0.25, -0.2) is 0 Å². The molecule has 0 aliphatic heterocycles. The van der Waals surface area contributed by atoms with Crippen LogP contribution in [-0.4, -0.2) is 30.1 Å². The number of ketones is 2. The van der Waals surface area contributed by atoms with Crippen LogP contribution in [-0.2, 0) is 14.2 Å². The van der Waals surface area contributed by atoms with Crippen molar-refractivity contribution in [1.82, 2.24) is 0 Å². The third-order valence-corrected chi connectivity index (χ3v) is 6.48. The normalized spacial score (nSPS) is 14.5. The minimum Gasteiger partial charge on any atom is -0.323 e. The van der Waals surface area contributed by atoms with Crippen molar-refractivity contribution in [2.24, 2.45) is 0 Å². The molecule has 0 spiro atoms. The Morgan fingerprint density at radius 1 is 1.00 bits per heavy atom. The molecule has 0 aromatic rings. The van der Waals surface area contributed by atoms with E-state index in [0.717, 1.165) is 25.7 Å². The molecule has 0 saturated carbocycles. The highest BCUT2D eigenvalue weighted by molar-refractivity contribution is 7.64. The number of rotatable bonds is 10. The van der Waals surface area contributed by atoms with E-state index in [1.165, 1.54) is 0 Å². The highest BCUT2D eigenvalue weighted by atomic mass is 31.2. The molecule has 0 heterocycles. The zero-order chi connectivity index (χ0) is 14.2. The van der Waals surface area contributed by atoms with Crippen LogP contribution in [0.25, 0.3) is 0 Å². The summed E-state index contributed by atoms with van der Waals surface area (Å²) in [6.07, 6.45) is 5.18. The van der Waals surface area contributed by atoms with Gasteiger partial charge in [0.1, 0.15) is 11.6 Å². The van der Waals surface area contributed by atoms with Crippen LogP contribution < -0.4 is 0 Å². The molecule has 1 atom stereocenters. The van der Waals surface area contributed by atoms with Crippen LogP contribution in [0.5, 0.6) is 0 Å². The first-order valence-corrected chi connectivity index (χ1v) is 9.24. The van der Waals surface area contributed by atoms with Gasteiger partial charge < -0.3 is 9.36 Å². The van der Waals surface area contributed by atoms with Crippen LogP contribution in [0.4, 0.5) is 0 Å². The van der Waals surface area contributed by atoms with Gasteiger partial charge in [0.05, 0.1) is 13.3 Å². The molecule has 18 heavy (non-hydrogen) atoms. The lowest BCUT2D eigenvalue weighted by molar-refractivity contribution is -0.118. The Labute approximate surface area is 111 Å². The van der Waals surface area contributed by atoms with E-state index in [4.69, 9.17) is 0 Å². The Morgan fingerprint density at radius 3 is 1.94 bits per heavy atom. The molecule has 0 N–H and O–H groups in total. The van der Waals surface area contributed by atoms with Crippen LogP contribution in [0.3, 0.4) is 0 Å². The highest BCUT2D eigenvalue weighted by Crippen LogP contribution is 2.46. The van der Waals surface area contributed by atoms with Gasteiger partial charge in [0, 0.05) is 18.5 Å². The summed E-state index contributed by atoms with van der Waals surface area (Å²) >= 11 is 0. The van der Waals surface area contributed by atoms with Gasteiger partial charge in [0.25, 0.3) is 0 Å². The van der Waals surface area contributed by atoms with Gasteiger partial charge in [-0.15, -0.1) is 0 Å². The Hall–Kier alpha value is -0.430. The van der Waals surface area contributed by atoms with Crippen LogP contribution in [0.15, 0.2) is 0 Å². The van der Waals surface area contributed by atoms with Crippen LogP contribution in [0.1, 0.15) is 59.3 Å². The van der Waals surface area contributed by atoms with Gasteiger partial charge in [-0.3, -0.25) is 4.79 Å². The lowest BCUT2D eigenvalue weighted by atomic mass is 10.1. The molecule has 0 aromatic carbocycles. The minimum atomic E-state index is -2.29. The van der Waals surface area contributed by atoms with Crippen molar-refractivity contribution in [2.75, 3.05) is 12.8 Å². The lowest BCUT2D eigenvalue weighted by Crippen LogP contribution is -2.10. The molecule has 0 amide bonds. The second-order valence-corrected chi connectivity index (χ2v) is 9.28. The summed E-state index contributed by atoms with van der Waals surface area (Å²) in [6.45, 7) is 7.16. The van der Waals surface area contributed by atoms with Crippen LogP contribution in [0.2, 0.25) is 0 Å². The molecule has 106 valence electrons. The molecule has 0 fully saturated rings. The quantitative estimate of drug-likeness (QED) is 0.448. The number of unbranched alkanes of at least 4 members (excludes halogenated alkanes) is 3. The van der Waals surface area contributed by atoms with Crippen molar-refractivity contribution in [2.45, 2.75) is 65.0 Å². The van der Waals surface area contributed by atoms with Gasteiger partial charge in [0.2, 0.25) is 0 Å². The summed E-state index contributed by atoms with van der Waals surface area (Å²) in [4.78, 5) is 22.4. The standard InChI is InChI=1S/C14H27O3P/c1-12(2)18(4,17)11-14(16)10-8-6-5-7-9-13(3)15/h12H,5-11H2,1-4H3. The molecule has 0 radical (unpaired) electrons. The zero-order valence-corrected chi connectivity index (χ0v) is 13.1. The molecule has 0 rings (SSSR count). The predicted octanol–water partition coefficient (Wildman–Crippen LogP) is 3.89.